The summed E-state index contributed by atoms with van der Waals surface area (Å²) in [5.41, 5.74) is 2.04. The maximum absolute atomic E-state index is 12.5. The van der Waals surface area contributed by atoms with Gasteiger partial charge in [0.25, 0.3) is 0 Å². The molecule has 4 rings (SSSR count). The molecule has 1 aliphatic rings. The third-order valence-corrected chi connectivity index (χ3v) is 6.17. The van der Waals surface area contributed by atoms with Gasteiger partial charge in [-0.1, -0.05) is 54.2 Å². The zero-order valence-electron chi connectivity index (χ0n) is 17.2. The van der Waals surface area contributed by atoms with Crippen LogP contribution in [0.5, 0.6) is 5.75 Å². The lowest BCUT2D eigenvalue weighted by atomic mass is 10.1. The number of nitrogens with zero attached hydrogens (tertiary/aromatic N) is 3. The molecule has 2 unspecified atom stereocenters. The van der Waals surface area contributed by atoms with Crippen LogP contribution in [-0.2, 0) is 11.3 Å². The SMILES string of the molecule is CCOc1ccccc1NC(=O)CSc1nnc(C2CC2c2ccccc2)n1CC. The van der Waals surface area contributed by atoms with Crippen molar-refractivity contribution >= 4 is 23.4 Å². The van der Waals surface area contributed by atoms with Crippen LogP contribution in [0.25, 0.3) is 0 Å². The van der Waals surface area contributed by atoms with Gasteiger partial charge in [0.05, 0.1) is 18.0 Å². The van der Waals surface area contributed by atoms with Gasteiger partial charge in [0.2, 0.25) is 5.91 Å². The number of carbonyl (C=O) groups excluding carboxylic acids is 1. The zero-order chi connectivity index (χ0) is 20.9. The second-order valence-electron chi connectivity index (χ2n) is 7.21. The first kappa shape index (κ1) is 20.5. The van der Waals surface area contributed by atoms with Gasteiger partial charge in [-0.15, -0.1) is 10.2 Å². The van der Waals surface area contributed by atoms with Crippen molar-refractivity contribution in [3.63, 3.8) is 0 Å². The zero-order valence-corrected chi connectivity index (χ0v) is 18.1. The van der Waals surface area contributed by atoms with Crippen LogP contribution in [0, 0.1) is 0 Å². The summed E-state index contributed by atoms with van der Waals surface area (Å²) in [6, 6.07) is 18.0. The standard InChI is InChI=1S/C23H26N4O2S/c1-3-27-22(18-14-17(18)16-10-6-5-7-11-16)25-26-23(27)30-15-21(28)24-19-12-8-9-13-20(19)29-4-2/h5-13,17-18H,3-4,14-15H2,1-2H3,(H,24,28). The molecule has 156 valence electrons. The number of anilines is 1. The first-order valence-corrected chi connectivity index (χ1v) is 11.3. The number of rotatable bonds is 9. The maximum Gasteiger partial charge on any atom is 0.234 e. The van der Waals surface area contributed by atoms with E-state index in [1.54, 1.807) is 0 Å². The summed E-state index contributed by atoms with van der Waals surface area (Å²) in [4.78, 5) is 12.5. The van der Waals surface area contributed by atoms with Crippen LogP contribution in [0.1, 0.15) is 43.5 Å². The van der Waals surface area contributed by atoms with Gasteiger partial charge in [-0.2, -0.15) is 0 Å². The Hall–Kier alpha value is -2.80. The molecule has 1 N–H and O–H groups in total. The Morgan fingerprint density at radius 3 is 2.63 bits per heavy atom. The molecule has 0 saturated heterocycles. The van der Waals surface area contributed by atoms with Crippen molar-refractivity contribution in [3.05, 3.63) is 66.0 Å². The summed E-state index contributed by atoms with van der Waals surface area (Å²) in [5, 5.41) is 12.6. The fourth-order valence-corrected chi connectivity index (χ4v) is 4.50. The molecule has 1 aromatic heterocycles. The average molecular weight is 423 g/mol. The van der Waals surface area contributed by atoms with Crippen molar-refractivity contribution in [2.24, 2.45) is 0 Å². The number of aromatic nitrogens is 3. The number of benzene rings is 2. The monoisotopic (exact) mass is 422 g/mol. The molecule has 1 saturated carbocycles. The van der Waals surface area contributed by atoms with Gasteiger partial charge in [-0.05, 0) is 43.9 Å². The molecule has 1 heterocycles. The van der Waals surface area contributed by atoms with Crippen molar-refractivity contribution in [2.75, 3.05) is 17.7 Å². The number of carbonyl (C=O) groups is 1. The highest BCUT2D eigenvalue weighted by atomic mass is 32.2. The number of amides is 1. The van der Waals surface area contributed by atoms with E-state index >= 15 is 0 Å². The predicted octanol–water partition coefficient (Wildman–Crippen LogP) is 4.70. The van der Waals surface area contributed by atoms with Crippen LogP contribution in [0.3, 0.4) is 0 Å². The molecule has 2 atom stereocenters. The number of ether oxygens (including phenoxy) is 1. The highest BCUT2D eigenvalue weighted by molar-refractivity contribution is 7.99. The lowest BCUT2D eigenvalue weighted by molar-refractivity contribution is -0.113. The minimum absolute atomic E-state index is 0.0899. The minimum atomic E-state index is -0.0899. The number of thioether (sulfide) groups is 1. The molecule has 0 spiro atoms. The molecule has 6 nitrogen and oxygen atoms in total. The first-order chi connectivity index (χ1) is 14.7. The Labute approximate surface area is 181 Å². The molecule has 0 radical (unpaired) electrons. The molecular weight excluding hydrogens is 396 g/mol. The highest BCUT2D eigenvalue weighted by Crippen LogP contribution is 2.54. The van der Waals surface area contributed by atoms with E-state index in [1.807, 2.05) is 37.3 Å². The molecule has 1 aliphatic carbocycles. The molecule has 3 aromatic rings. The van der Waals surface area contributed by atoms with E-state index in [-0.39, 0.29) is 11.7 Å². The van der Waals surface area contributed by atoms with Crippen LogP contribution in [0.4, 0.5) is 5.69 Å². The molecule has 0 aliphatic heterocycles. The Balaban J connectivity index is 1.38. The number of hydrogen-bond donors (Lipinski definition) is 1. The van der Waals surface area contributed by atoms with Crippen LogP contribution < -0.4 is 10.1 Å². The second kappa shape index (κ2) is 9.34. The van der Waals surface area contributed by atoms with E-state index in [0.717, 1.165) is 23.9 Å². The van der Waals surface area contributed by atoms with Crippen molar-refractivity contribution in [1.82, 2.24) is 14.8 Å². The van der Waals surface area contributed by atoms with E-state index < -0.39 is 0 Å². The normalized spacial score (nSPS) is 17.5. The summed E-state index contributed by atoms with van der Waals surface area (Å²) in [6.45, 7) is 5.35. The van der Waals surface area contributed by atoms with E-state index in [4.69, 9.17) is 4.74 Å². The van der Waals surface area contributed by atoms with Gasteiger partial charge >= 0.3 is 0 Å². The molecule has 30 heavy (non-hydrogen) atoms. The van der Waals surface area contributed by atoms with Gasteiger partial charge in [0.15, 0.2) is 5.16 Å². The van der Waals surface area contributed by atoms with E-state index in [2.05, 4.69) is 51.3 Å². The smallest absolute Gasteiger partial charge is 0.234 e. The third kappa shape index (κ3) is 4.51. The number of hydrogen-bond acceptors (Lipinski definition) is 5. The number of para-hydroxylation sites is 2. The van der Waals surface area contributed by atoms with Crippen LogP contribution >= 0.6 is 11.8 Å². The van der Waals surface area contributed by atoms with Gasteiger partial charge in [-0.25, -0.2) is 0 Å². The fourth-order valence-electron chi connectivity index (χ4n) is 3.69. The summed E-state index contributed by atoms with van der Waals surface area (Å²) in [6.07, 6.45) is 1.10. The molecular formula is C23H26N4O2S. The summed E-state index contributed by atoms with van der Waals surface area (Å²) < 4.78 is 7.71. The predicted molar refractivity (Wildman–Crippen MR) is 119 cm³/mol. The fraction of sp³-hybridized carbons (Fsp3) is 0.348. The maximum atomic E-state index is 12.5. The largest absolute Gasteiger partial charge is 0.492 e. The Bertz CT molecular complexity index is 1010. The molecule has 2 aromatic carbocycles. The quantitative estimate of drug-likeness (QED) is 0.506. The van der Waals surface area contributed by atoms with Gasteiger partial charge < -0.3 is 14.6 Å². The van der Waals surface area contributed by atoms with Gasteiger partial charge in [0.1, 0.15) is 11.6 Å². The van der Waals surface area contributed by atoms with Crippen LogP contribution in [0.2, 0.25) is 0 Å². The summed E-state index contributed by atoms with van der Waals surface area (Å²) in [5.74, 6) is 2.80. The molecule has 7 heteroatoms. The topological polar surface area (TPSA) is 69.0 Å². The Kier molecular flexibility index (Phi) is 6.38. The first-order valence-electron chi connectivity index (χ1n) is 10.3. The molecule has 1 amide bonds. The average Bonchev–Trinajstić information content (AvgIpc) is 3.46. The van der Waals surface area contributed by atoms with Crippen LogP contribution in [-0.4, -0.2) is 33.0 Å². The lowest BCUT2D eigenvalue weighted by Gasteiger charge is -2.11. The Morgan fingerprint density at radius 1 is 1.10 bits per heavy atom. The van der Waals surface area contributed by atoms with E-state index in [1.165, 1.54) is 17.3 Å². The van der Waals surface area contributed by atoms with E-state index in [0.29, 0.717) is 29.9 Å². The highest BCUT2D eigenvalue weighted by Gasteiger charge is 2.43. The third-order valence-electron chi connectivity index (χ3n) is 5.20. The van der Waals surface area contributed by atoms with Crippen molar-refractivity contribution < 1.29 is 9.53 Å². The summed E-state index contributed by atoms with van der Waals surface area (Å²) in [7, 11) is 0. The minimum Gasteiger partial charge on any atom is -0.492 e. The molecule has 0 bridgehead atoms. The summed E-state index contributed by atoms with van der Waals surface area (Å²) >= 11 is 1.42. The second-order valence-corrected chi connectivity index (χ2v) is 8.15. The lowest BCUT2D eigenvalue weighted by Crippen LogP contribution is -2.15. The van der Waals surface area contributed by atoms with Gasteiger partial charge in [-0.3, -0.25) is 4.79 Å². The van der Waals surface area contributed by atoms with E-state index in [9.17, 15) is 4.79 Å². The van der Waals surface area contributed by atoms with Crippen molar-refractivity contribution in [3.8, 4) is 5.75 Å². The van der Waals surface area contributed by atoms with Gasteiger partial charge in [0, 0.05) is 12.5 Å². The number of nitrogens with one attached hydrogen (secondary N) is 1. The van der Waals surface area contributed by atoms with Crippen LogP contribution in [0.15, 0.2) is 59.8 Å². The molecule has 1 fully saturated rings. The van der Waals surface area contributed by atoms with Crippen molar-refractivity contribution in [2.45, 2.75) is 43.8 Å². The Morgan fingerprint density at radius 2 is 1.87 bits per heavy atom. The van der Waals surface area contributed by atoms with Crippen molar-refractivity contribution in [1.29, 1.82) is 0 Å².